The molecule has 0 aromatic rings. The normalized spacial score (nSPS) is 19.2. The summed E-state index contributed by atoms with van der Waals surface area (Å²) in [6, 6.07) is 0.470. The van der Waals surface area contributed by atoms with Crippen LogP contribution in [0.5, 0.6) is 0 Å². The third-order valence-corrected chi connectivity index (χ3v) is 2.55. The first kappa shape index (κ1) is 16.7. The molecule has 6 nitrogen and oxygen atoms in total. The second kappa shape index (κ2) is 7.20. The number of amides is 1. The molecule has 18 heavy (non-hydrogen) atoms. The molecule has 0 bridgehead atoms. The Morgan fingerprint density at radius 3 is 2.28 bits per heavy atom. The van der Waals surface area contributed by atoms with Crippen LogP contribution in [0, 0.1) is 0 Å². The van der Waals surface area contributed by atoms with Gasteiger partial charge in [-0.05, 0) is 41.3 Å². The van der Waals surface area contributed by atoms with Crippen molar-refractivity contribution in [2.24, 2.45) is 0 Å². The van der Waals surface area contributed by atoms with E-state index in [0.29, 0.717) is 6.04 Å². The maximum Gasteiger partial charge on any atom is 0.410 e. The van der Waals surface area contributed by atoms with E-state index in [1.165, 1.54) is 0 Å². The van der Waals surface area contributed by atoms with E-state index in [1.807, 2.05) is 34.9 Å². The van der Waals surface area contributed by atoms with E-state index in [-0.39, 0.29) is 12.6 Å². The highest BCUT2D eigenvalue weighted by molar-refractivity contribution is 5.68. The fourth-order valence-electron chi connectivity index (χ4n) is 1.66. The first-order chi connectivity index (χ1) is 8.21. The van der Waals surface area contributed by atoms with Crippen molar-refractivity contribution in [1.29, 1.82) is 0 Å². The summed E-state index contributed by atoms with van der Waals surface area (Å²) in [5.74, 6) is 0. The van der Waals surface area contributed by atoms with Crippen molar-refractivity contribution in [3.8, 4) is 0 Å². The lowest BCUT2D eigenvalue weighted by atomic mass is 10.2. The van der Waals surface area contributed by atoms with Crippen LogP contribution >= 0.6 is 0 Å². The van der Waals surface area contributed by atoms with E-state index < -0.39 is 5.60 Å². The van der Waals surface area contributed by atoms with Crippen molar-refractivity contribution in [3.63, 3.8) is 0 Å². The van der Waals surface area contributed by atoms with Gasteiger partial charge in [0, 0.05) is 19.1 Å². The number of carboxylic acid groups (broad SMARTS) is 1. The summed E-state index contributed by atoms with van der Waals surface area (Å²) in [5.41, 5.74) is -0.396. The average Bonchev–Trinajstić information content (AvgIpc) is 2.64. The molecule has 6 heteroatoms. The van der Waals surface area contributed by atoms with E-state index in [9.17, 15) is 4.79 Å². The maximum atomic E-state index is 11.7. The molecular weight excluding hydrogens is 236 g/mol. The van der Waals surface area contributed by atoms with Gasteiger partial charge < -0.3 is 19.6 Å². The second-order valence-corrected chi connectivity index (χ2v) is 5.44. The minimum atomic E-state index is -0.396. The molecule has 0 spiro atoms. The van der Waals surface area contributed by atoms with E-state index in [1.54, 1.807) is 4.90 Å². The van der Waals surface area contributed by atoms with E-state index in [2.05, 4.69) is 4.90 Å². The largest absolute Gasteiger partial charge is 0.483 e. The minimum absolute atomic E-state index is 0.188. The van der Waals surface area contributed by atoms with Crippen molar-refractivity contribution in [2.45, 2.75) is 38.8 Å². The molecule has 1 aliphatic rings. The minimum Gasteiger partial charge on any atom is -0.483 e. The topological polar surface area (TPSA) is 70.1 Å². The highest BCUT2D eigenvalue weighted by atomic mass is 16.6. The number of hydrogen-bond acceptors (Lipinski definition) is 4. The lowest BCUT2D eigenvalue weighted by Gasteiger charge is -2.25. The van der Waals surface area contributed by atoms with Crippen LogP contribution in [0.3, 0.4) is 0 Å². The molecule has 0 aliphatic carbocycles. The van der Waals surface area contributed by atoms with Gasteiger partial charge >= 0.3 is 6.09 Å². The average molecular weight is 260 g/mol. The second-order valence-electron chi connectivity index (χ2n) is 5.44. The SMILES string of the molecule is CN(C)[C@H]1CCN(C(=O)OC(C)(C)C)C1.O=CO. The van der Waals surface area contributed by atoms with Gasteiger partial charge in [0.1, 0.15) is 5.60 Å². The number of likely N-dealkylation sites (tertiary alicyclic amines) is 1. The molecule has 1 atom stereocenters. The van der Waals surface area contributed by atoms with Gasteiger partial charge in [0.05, 0.1) is 0 Å². The third-order valence-electron chi connectivity index (χ3n) is 2.55. The number of rotatable bonds is 1. The molecule has 1 heterocycles. The van der Waals surface area contributed by atoms with Gasteiger partial charge in [-0.3, -0.25) is 4.79 Å². The summed E-state index contributed by atoms with van der Waals surface area (Å²) in [6.07, 6.45) is 0.846. The van der Waals surface area contributed by atoms with Crippen molar-refractivity contribution in [3.05, 3.63) is 0 Å². The molecule has 1 saturated heterocycles. The molecule has 1 N–H and O–H groups in total. The number of carbonyl (C=O) groups is 2. The van der Waals surface area contributed by atoms with Crippen molar-refractivity contribution < 1.29 is 19.4 Å². The third kappa shape index (κ3) is 6.44. The highest BCUT2D eigenvalue weighted by Crippen LogP contribution is 2.17. The lowest BCUT2D eigenvalue weighted by molar-refractivity contribution is -0.122. The lowest BCUT2D eigenvalue weighted by Crippen LogP contribution is -2.37. The van der Waals surface area contributed by atoms with E-state index in [4.69, 9.17) is 14.6 Å². The van der Waals surface area contributed by atoms with E-state index in [0.717, 1.165) is 19.5 Å². The van der Waals surface area contributed by atoms with Gasteiger partial charge in [-0.2, -0.15) is 0 Å². The van der Waals surface area contributed by atoms with Crippen LogP contribution in [0.1, 0.15) is 27.2 Å². The highest BCUT2D eigenvalue weighted by Gasteiger charge is 2.30. The van der Waals surface area contributed by atoms with Crippen LogP contribution in [0.25, 0.3) is 0 Å². The Morgan fingerprint density at radius 1 is 1.44 bits per heavy atom. The van der Waals surface area contributed by atoms with Crippen molar-refractivity contribution >= 4 is 12.6 Å². The van der Waals surface area contributed by atoms with Gasteiger partial charge in [-0.1, -0.05) is 0 Å². The van der Waals surface area contributed by atoms with Gasteiger partial charge in [0.25, 0.3) is 6.47 Å². The summed E-state index contributed by atoms with van der Waals surface area (Å²) >= 11 is 0. The summed E-state index contributed by atoms with van der Waals surface area (Å²) in [4.78, 5) is 24.0. The quantitative estimate of drug-likeness (QED) is 0.719. The number of ether oxygens (including phenoxy) is 1. The molecule has 1 rings (SSSR count). The summed E-state index contributed by atoms with van der Waals surface area (Å²) in [5, 5.41) is 6.89. The van der Waals surface area contributed by atoms with Crippen LogP contribution in [-0.2, 0) is 9.53 Å². The Kier molecular flexibility index (Phi) is 6.68. The van der Waals surface area contributed by atoms with Crippen LogP contribution in [0.2, 0.25) is 0 Å². The molecule has 1 aliphatic heterocycles. The molecule has 106 valence electrons. The first-order valence-electron chi connectivity index (χ1n) is 5.93. The van der Waals surface area contributed by atoms with Crippen LogP contribution in [0.15, 0.2) is 0 Å². The Morgan fingerprint density at radius 2 is 1.94 bits per heavy atom. The van der Waals surface area contributed by atoms with Gasteiger partial charge in [-0.25, -0.2) is 4.79 Å². The Balaban J connectivity index is 0.000000873. The molecular formula is C12H24N2O4. The van der Waals surface area contributed by atoms with E-state index >= 15 is 0 Å². The summed E-state index contributed by atoms with van der Waals surface area (Å²) in [7, 11) is 4.09. The number of likely N-dealkylation sites (N-methyl/N-ethyl adjacent to an activating group) is 1. The van der Waals surface area contributed by atoms with Crippen LogP contribution in [0.4, 0.5) is 4.79 Å². The van der Waals surface area contributed by atoms with Crippen molar-refractivity contribution in [1.82, 2.24) is 9.80 Å². The predicted octanol–water partition coefficient (Wildman–Crippen LogP) is 1.26. The van der Waals surface area contributed by atoms with Crippen LogP contribution in [-0.4, -0.2) is 66.3 Å². The molecule has 1 amide bonds. The van der Waals surface area contributed by atoms with Crippen molar-refractivity contribution in [2.75, 3.05) is 27.2 Å². The molecule has 0 saturated carbocycles. The van der Waals surface area contributed by atoms with Gasteiger partial charge in [-0.15, -0.1) is 0 Å². The first-order valence-corrected chi connectivity index (χ1v) is 5.93. The number of hydrogen-bond donors (Lipinski definition) is 1. The monoisotopic (exact) mass is 260 g/mol. The summed E-state index contributed by atoms with van der Waals surface area (Å²) < 4.78 is 5.32. The fraction of sp³-hybridized carbons (Fsp3) is 0.833. The fourth-order valence-corrected chi connectivity index (χ4v) is 1.66. The molecule has 0 radical (unpaired) electrons. The summed E-state index contributed by atoms with van der Waals surface area (Å²) in [6.45, 7) is 7.01. The molecule has 0 aromatic heterocycles. The standard InChI is InChI=1S/C11H22N2O2.CH2O2/c1-11(2,3)15-10(14)13-7-6-9(8-13)12(4)5;2-1-3/h9H,6-8H2,1-5H3;1H,(H,2,3)/t9-;/m0./s1. The molecule has 1 fully saturated rings. The predicted molar refractivity (Wildman–Crippen MR) is 68.6 cm³/mol. The van der Waals surface area contributed by atoms with Gasteiger partial charge in [0.15, 0.2) is 0 Å². The zero-order valence-electron chi connectivity index (χ0n) is 11.8. The Labute approximate surface area is 109 Å². The smallest absolute Gasteiger partial charge is 0.410 e. The Hall–Kier alpha value is -1.30. The number of nitrogens with zero attached hydrogens (tertiary/aromatic N) is 2. The zero-order valence-corrected chi connectivity index (χ0v) is 11.8. The number of carbonyl (C=O) groups excluding carboxylic acids is 1. The Bertz CT molecular complexity index is 274. The molecule has 0 unspecified atom stereocenters. The maximum absolute atomic E-state index is 11.7. The van der Waals surface area contributed by atoms with Crippen LogP contribution < -0.4 is 0 Å². The molecule has 0 aromatic carbocycles. The van der Waals surface area contributed by atoms with Gasteiger partial charge in [0.2, 0.25) is 0 Å². The zero-order chi connectivity index (χ0) is 14.3.